The zero-order chi connectivity index (χ0) is 12.7. The molecular formula is C14H23NO2. The second-order valence-electron chi connectivity index (χ2n) is 4.17. The van der Waals surface area contributed by atoms with E-state index in [1.54, 1.807) is 0 Å². The summed E-state index contributed by atoms with van der Waals surface area (Å²) in [6.45, 7) is 6.09. The van der Waals surface area contributed by atoms with Gasteiger partial charge in [-0.05, 0) is 37.5 Å². The number of hydrogen-bond acceptors (Lipinski definition) is 3. The molecule has 0 heterocycles. The molecule has 0 amide bonds. The molecule has 0 radical (unpaired) electrons. The summed E-state index contributed by atoms with van der Waals surface area (Å²) in [5.41, 5.74) is 2.11. The van der Waals surface area contributed by atoms with Crippen molar-refractivity contribution in [2.24, 2.45) is 0 Å². The van der Waals surface area contributed by atoms with Crippen LogP contribution in [0.25, 0.3) is 0 Å². The van der Waals surface area contributed by atoms with Crippen LogP contribution in [0.15, 0.2) is 24.3 Å². The van der Waals surface area contributed by atoms with Crippen LogP contribution in [-0.2, 0) is 0 Å². The third-order valence-corrected chi connectivity index (χ3v) is 3.00. The van der Waals surface area contributed by atoms with Gasteiger partial charge < -0.3 is 15.1 Å². The van der Waals surface area contributed by atoms with Crippen molar-refractivity contribution >= 4 is 5.69 Å². The molecule has 0 fully saturated rings. The van der Waals surface area contributed by atoms with Crippen LogP contribution in [0.1, 0.15) is 38.4 Å². The number of benzene rings is 1. The summed E-state index contributed by atoms with van der Waals surface area (Å²) in [6, 6.07) is 8.03. The summed E-state index contributed by atoms with van der Waals surface area (Å²) in [4.78, 5) is 2.22. The molecule has 0 saturated heterocycles. The van der Waals surface area contributed by atoms with Crippen molar-refractivity contribution in [2.45, 2.75) is 32.8 Å². The molecule has 0 aliphatic rings. The maximum absolute atomic E-state index is 9.71. The Labute approximate surface area is 104 Å². The molecule has 0 saturated carbocycles. The summed E-state index contributed by atoms with van der Waals surface area (Å²) in [7, 11) is 0. The normalized spacial score (nSPS) is 12.5. The predicted octanol–water partition coefficient (Wildman–Crippen LogP) is 2.34. The van der Waals surface area contributed by atoms with Crippen LogP contribution in [0.5, 0.6) is 0 Å². The Morgan fingerprint density at radius 3 is 2.29 bits per heavy atom. The first-order valence-electron chi connectivity index (χ1n) is 6.36. The SMILES string of the molecule is CC[C@H](O)c1ccc(N(CC)CCCO)cc1. The van der Waals surface area contributed by atoms with Gasteiger partial charge in [-0.1, -0.05) is 19.1 Å². The monoisotopic (exact) mass is 237 g/mol. The maximum Gasteiger partial charge on any atom is 0.0787 e. The van der Waals surface area contributed by atoms with Crippen LogP contribution in [0, 0.1) is 0 Å². The molecule has 1 rings (SSSR count). The third-order valence-electron chi connectivity index (χ3n) is 3.00. The van der Waals surface area contributed by atoms with Gasteiger partial charge in [0.25, 0.3) is 0 Å². The Morgan fingerprint density at radius 1 is 1.18 bits per heavy atom. The molecule has 17 heavy (non-hydrogen) atoms. The van der Waals surface area contributed by atoms with Gasteiger partial charge in [0.1, 0.15) is 0 Å². The van der Waals surface area contributed by atoms with Crippen LogP contribution in [0.4, 0.5) is 5.69 Å². The number of aliphatic hydroxyl groups is 2. The fourth-order valence-corrected chi connectivity index (χ4v) is 1.87. The second-order valence-corrected chi connectivity index (χ2v) is 4.17. The molecule has 0 aliphatic carbocycles. The number of nitrogens with zero attached hydrogens (tertiary/aromatic N) is 1. The standard InChI is InChI=1S/C14H23NO2/c1-3-14(17)12-6-8-13(9-7-12)15(4-2)10-5-11-16/h6-9,14,16-17H,3-5,10-11H2,1-2H3/t14-/m0/s1. The Bertz CT molecular complexity index is 311. The largest absolute Gasteiger partial charge is 0.396 e. The van der Waals surface area contributed by atoms with Crippen LogP contribution in [-0.4, -0.2) is 29.9 Å². The van der Waals surface area contributed by atoms with Gasteiger partial charge in [-0.2, -0.15) is 0 Å². The van der Waals surface area contributed by atoms with Gasteiger partial charge in [-0.15, -0.1) is 0 Å². The van der Waals surface area contributed by atoms with Crippen LogP contribution >= 0.6 is 0 Å². The lowest BCUT2D eigenvalue weighted by atomic mass is 10.1. The van der Waals surface area contributed by atoms with Crippen LogP contribution < -0.4 is 4.90 Å². The highest BCUT2D eigenvalue weighted by Crippen LogP contribution is 2.21. The Balaban J connectivity index is 2.70. The lowest BCUT2D eigenvalue weighted by Gasteiger charge is -2.23. The Hall–Kier alpha value is -1.06. The van der Waals surface area contributed by atoms with Crippen molar-refractivity contribution in [1.29, 1.82) is 0 Å². The molecule has 3 heteroatoms. The summed E-state index contributed by atoms with van der Waals surface area (Å²) in [5, 5.41) is 18.6. The minimum Gasteiger partial charge on any atom is -0.396 e. The minimum absolute atomic E-state index is 0.225. The first-order valence-corrected chi connectivity index (χ1v) is 6.36. The molecule has 3 nitrogen and oxygen atoms in total. The average molecular weight is 237 g/mol. The zero-order valence-corrected chi connectivity index (χ0v) is 10.8. The lowest BCUT2D eigenvalue weighted by Crippen LogP contribution is -2.24. The van der Waals surface area contributed by atoms with E-state index in [1.807, 2.05) is 31.2 Å². The van der Waals surface area contributed by atoms with Gasteiger partial charge >= 0.3 is 0 Å². The fourth-order valence-electron chi connectivity index (χ4n) is 1.87. The highest BCUT2D eigenvalue weighted by Gasteiger charge is 2.07. The molecule has 0 unspecified atom stereocenters. The van der Waals surface area contributed by atoms with Gasteiger partial charge in [0.2, 0.25) is 0 Å². The van der Waals surface area contributed by atoms with E-state index < -0.39 is 0 Å². The van der Waals surface area contributed by atoms with Gasteiger partial charge in [0.15, 0.2) is 0 Å². The summed E-state index contributed by atoms with van der Waals surface area (Å²) in [6.07, 6.45) is 1.16. The molecule has 1 aromatic carbocycles. The van der Waals surface area contributed by atoms with Crippen molar-refractivity contribution in [2.75, 3.05) is 24.6 Å². The number of hydrogen-bond donors (Lipinski definition) is 2. The van der Waals surface area contributed by atoms with E-state index in [4.69, 9.17) is 5.11 Å². The first kappa shape index (κ1) is 14.0. The van der Waals surface area contributed by atoms with Crippen LogP contribution in [0.3, 0.4) is 0 Å². The molecule has 1 atom stereocenters. The number of aliphatic hydroxyl groups excluding tert-OH is 2. The van der Waals surface area contributed by atoms with E-state index in [1.165, 1.54) is 0 Å². The number of anilines is 1. The summed E-state index contributed by atoms with van der Waals surface area (Å²) in [5.74, 6) is 0. The number of rotatable bonds is 7. The van der Waals surface area contributed by atoms with E-state index in [0.29, 0.717) is 0 Å². The Morgan fingerprint density at radius 2 is 1.82 bits per heavy atom. The highest BCUT2D eigenvalue weighted by atomic mass is 16.3. The van der Waals surface area contributed by atoms with Gasteiger partial charge in [-0.3, -0.25) is 0 Å². The molecule has 0 aliphatic heterocycles. The predicted molar refractivity (Wildman–Crippen MR) is 71.3 cm³/mol. The molecule has 2 N–H and O–H groups in total. The van der Waals surface area contributed by atoms with Crippen molar-refractivity contribution < 1.29 is 10.2 Å². The van der Waals surface area contributed by atoms with Gasteiger partial charge in [0.05, 0.1) is 6.10 Å². The minimum atomic E-state index is -0.364. The van der Waals surface area contributed by atoms with E-state index in [9.17, 15) is 5.11 Å². The van der Waals surface area contributed by atoms with Crippen molar-refractivity contribution in [1.82, 2.24) is 0 Å². The van der Waals surface area contributed by atoms with E-state index in [0.717, 1.165) is 37.2 Å². The molecular weight excluding hydrogens is 214 g/mol. The van der Waals surface area contributed by atoms with Crippen molar-refractivity contribution in [3.05, 3.63) is 29.8 Å². The fraction of sp³-hybridized carbons (Fsp3) is 0.571. The van der Waals surface area contributed by atoms with E-state index in [-0.39, 0.29) is 12.7 Å². The average Bonchev–Trinajstić information content (AvgIpc) is 2.39. The molecule has 0 spiro atoms. The lowest BCUT2D eigenvalue weighted by molar-refractivity contribution is 0.173. The second kappa shape index (κ2) is 7.30. The molecule has 0 bridgehead atoms. The van der Waals surface area contributed by atoms with Crippen LogP contribution in [0.2, 0.25) is 0 Å². The van der Waals surface area contributed by atoms with Crippen molar-refractivity contribution in [3.63, 3.8) is 0 Å². The maximum atomic E-state index is 9.71. The Kier molecular flexibility index (Phi) is 6.01. The van der Waals surface area contributed by atoms with Crippen molar-refractivity contribution in [3.8, 4) is 0 Å². The first-order chi connectivity index (χ1) is 8.22. The summed E-state index contributed by atoms with van der Waals surface area (Å²) >= 11 is 0. The van der Waals surface area contributed by atoms with E-state index >= 15 is 0 Å². The molecule has 0 aromatic heterocycles. The van der Waals surface area contributed by atoms with Gasteiger partial charge in [-0.25, -0.2) is 0 Å². The highest BCUT2D eigenvalue weighted by molar-refractivity contribution is 5.47. The summed E-state index contributed by atoms with van der Waals surface area (Å²) < 4.78 is 0. The molecule has 96 valence electrons. The molecule has 1 aromatic rings. The van der Waals surface area contributed by atoms with E-state index in [2.05, 4.69) is 11.8 Å². The van der Waals surface area contributed by atoms with Gasteiger partial charge in [0, 0.05) is 25.4 Å². The quantitative estimate of drug-likeness (QED) is 0.765. The third kappa shape index (κ3) is 4.02. The topological polar surface area (TPSA) is 43.7 Å². The smallest absolute Gasteiger partial charge is 0.0787 e. The zero-order valence-electron chi connectivity index (χ0n) is 10.8.